The molecule has 1 atom stereocenters. The number of hydrogen-bond donors (Lipinski definition) is 0. The molecule has 0 unspecified atom stereocenters. The second-order valence-electron chi connectivity index (χ2n) is 5.91. The van der Waals surface area contributed by atoms with E-state index in [1.807, 2.05) is 31.2 Å². The summed E-state index contributed by atoms with van der Waals surface area (Å²) in [7, 11) is 0. The molecule has 1 aliphatic heterocycles. The van der Waals surface area contributed by atoms with Crippen molar-refractivity contribution >= 4 is 11.6 Å². The summed E-state index contributed by atoms with van der Waals surface area (Å²) in [4.78, 5) is 14.6. The van der Waals surface area contributed by atoms with E-state index in [0.29, 0.717) is 5.56 Å². The van der Waals surface area contributed by atoms with Gasteiger partial charge in [-0.05, 0) is 37.1 Å². The second kappa shape index (κ2) is 5.60. The number of halogens is 1. The maximum absolute atomic E-state index is 13.9. The van der Waals surface area contributed by atoms with Crippen LogP contribution in [0.1, 0.15) is 23.0 Å². The van der Waals surface area contributed by atoms with Gasteiger partial charge in [0.05, 0.1) is 5.56 Å². The van der Waals surface area contributed by atoms with Gasteiger partial charge in [-0.1, -0.05) is 35.5 Å². The molecule has 0 bridgehead atoms. The van der Waals surface area contributed by atoms with Crippen LogP contribution in [-0.4, -0.2) is 17.1 Å². The molecule has 1 aliphatic rings. The molecular formula is C19H15FN2O2. The fourth-order valence-corrected chi connectivity index (χ4v) is 3.16. The van der Waals surface area contributed by atoms with Gasteiger partial charge in [0.15, 0.2) is 11.5 Å². The first kappa shape index (κ1) is 14.6. The van der Waals surface area contributed by atoms with Gasteiger partial charge in [0.1, 0.15) is 5.82 Å². The number of fused-ring (bicyclic) bond motifs is 1. The van der Waals surface area contributed by atoms with Gasteiger partial charge in [0.2, 0.25) is 0 Å². The molecule has 1 amide bonds. The Labute approximate surface area is 138 Å². The van der Waals surface area contributed by atoms with Gasteiger partial charge < -0.3 is 9.42 Å². The van der Waals surface area contributed by atoms with Crippen molar-refractivity contribution in [2.24, 2.45) is 0 Å². The number of nitrogens with zero attached hydrogens (tertiary/aromatic N) is 2. The number of hydrogen-bond acceptors (Lipinski definition) is 3. The zero-order valence-corrected chi connectivity index (χ0v) is 13.1. The highest BCUT2D eigenvalue weighted by molar-refractivity contribution is 6.06. The highest BCUT2D eigenvalue weighted by atomic mass is 19.1. The molecule has 0 N–H and O–H groups in total. The van der Waals surface area contributed by atoms with Gasteiger partial charge >= 0.3 is 0 Å². The molecule has 0 spiro atoms. The first-order chi connectivity index (χ1) is 11.6. The molecule has 0 aliphatic carbocycles. The SMILES string of the molecule is C[C@@H]1Cc2ccccc2N1C(=O)c1cc(-c2ccccc2F)on1. The first-order valence-electron chi connectivity index (χ1n) is 7.78. The molecule has 5 heteroatoms. The van der Waals surface area contributed by atoms with Crippen LogP contribution in [0.5, 0.6) is 0 Å². The van der Waals surface area contributed by atoms with Crippen LogP contribution >= 0.6 is 0 Å². The van der Waals surface area contributed by atoms with E-state index < -0.39 is 5.82 Å². The third kappa shape index (κ3) is 2.29. The minimum absolute atomic E-state index is 0.0449. The molecule has 3 aromatic rings. The van der Waals surface area contributed by atoms with Crippen LogP contribution in [0.3, 0.4) is 0 Å². The maximum atomic E-state index is 13.9. The van der Waals surface area contributed by atoms with E-state index in [0.717, 1.165) is 17.7 Å². The number of amides is 1. The highest BCUT2D eigenvalue weighted by Crippen LogP contribution is 2.33. The Kier molecular flexibility index (Phi) is 3.41. The van der Waals surface area contributed by atoms with Crippen molar-refractivity contribution in [3.63, 3.8) is 0 Å². The van der Waals surface area contributed by atoms with Crippen LogP contribution in [0.25, 0.3) is 11.3 Å². The van der Waals surface area contributed by atoms with E-state index in [-0.39, 0.29) is 23.4 Å². The van der Waals surface area contributed by atoms with E-state index >= 15 is 0 Å². The minimum Gasteiger partial charge on any atom is -0.355 e. The van der Waals surface area contributed by atoms with Crippen molar-refractivity contribution in [1.82, 2.24) is 5.16 Å². The summed E-state index contributed by atoms with van der Waals surface area (Å²) in [5.74, 6) is -0.400. The number of rotatable bonds is 2. The van der Waals surface area contributed by atoms with Crippen molar-refractivity contribution < 1.29 is 13.7 Å². The number of carbonyl (C=O) groups is 1. The van der Waals surface area contributed by atoms with Gasteiger partial charge in [0.25, 0.3) is 5.91 Å². The number of aromatic nitrogens is 1. The normalized spacial score (nSPS) is 16.2. The Morgan fingerprint density at radius 1 is 1.21 bits per heavy atom. The summed E-state index contributed by atoms with van der Waals surface area (Å²) in [6, 6.07) is 15.6. The lowest BCUT2D eigenvalue weighted by atomic mass is 10.1. The Hall–Kier alpha value is -2.95. The Morgan fingerprint density at radius 2 is 1.96 bits per heavy atom. The van der Waals surface area contributed by atoms with Crippen LogP contribution in [0.2, 0.25) is 0 Å². The largest absolute Gasteiger partial charge is 0.355 e. The standard InChI is InChI=1S/C19H15FN2O2/c1-12-10-13-6-2-5-9-17(13)22(12)19(23)16-11-18(24-21-16)14-7-3-4-8-15(14)20/h2-9,11-12H,10H2,1H3/t12-/m1/s1. The van der Waals surface area contributed by atoms with Crippen molar-refractivity contribution in [2.75, 3.05) is 4.90 Å². The van der Waals surface area contributed by atoms with E-state index in [2.05, 4.69) is 5.16 Å². The molecule has 4 nitrogen and oxygen atoms in total. The van der Waals surface area contributed by atoms with Crippen LogP contribution in [0, 0.1) is 5.82 Å². The predicted molar refractivity (Wildman–Crippen MR) is 88.3 cm³/mol. The number of anilines is 1. The van der Waals surface area contributed by atoms with E-state index in [4.69, 9.17) is 4.52 Å². The van der Waals surface area contributed by atoms with E-state index in [1.54, 1.807) is 23.1 Å². The molecule has 120 valence electrons. The average molecular weight is 322 g/mol. The van der Waals surface area contributed by atoms with Gasteiger partial charge in [-0.3, -0.25) is 4.79 Å². The Bertz CT molecular complexity index is 919. The van der Waals surface area contributed by atoms with Crippen molar-refractivity contribution in [3.05, 3.63) is 71.7 Å². The molecule has 0 radical (unpaired) electrons. The zero-order chi connectivity index (χ0) is 16.7. The Balaban J connectivity index is 1.68. The lowest BCUT2D eigenvalue weighted by molar-refractivity contribution is 0.0973. The summed E-state index contributed by atoms with van der Waals surface area (Å²) >= 11 is 0. The lowest BCUT2D eigenvalue weighted by Crippen LogP contribution is -2.35. The second-order valence-corrected chi connectivity index (χ2v) is 5.91. The minimum atomic E-state index is -0.410. The monoisotopic (exact) mass is 322 g/mol. The van der Waals surface area contributed by atoms with E-state index in [9.17, 15) is 9.18 Å². The summed E-state index contributed by atoms with van der Waals surface area (Å²) in [5.41, 5.74) is 2.50. The summed E-state index contributed by atoms with van der Waals surface area (Å²) in [6.07, 6.45) is 0.805. The summed E-state index contributed by atoms with van der Waals surface area (Å²) in [6.45, 7) is 2.00. The van der Waals surface area contributed by atoms with Crippen molar-refractivity contribution in [3.8, 4) is 11.3 Å². The highest BCUT2D eigenvalue weighted by Gasteiger charge is 2.32. The fraction of sp³-hybridized carbons (Fsp3) is 0.158. The van der Waals surface area contributed by atoms with Crippen LogP contribution in [0.4, 0.5) is 10.1 Å². The fourth-order valence-electron chi connectivity index (χ4n) is 3.16. The lowest BCUT2D eigenvalue weighted by Gasteiger charge is -2.21. The average Bonchev–Trinajstić information content (AvgIpc) is 3.18. The Morgan fingerprint density at radius 3 is 2.79 bits per heavy atom. The summed E-state index contributed by atoms with van der Waals surface area (Å²) in [5, 5.41) is 3.85. The smallest absolute Gasteiger partial charge is 0.280 e. The van der Waals surface area contributed by atoms with Crippen molar-refractivity contribution in [1.29, 1.82) is 0 Å². The maximum Gasteiger partial charge on any atom is 0.280 e. The zero-order valence-electron chi connectivity index (χ0n) is 13.1. The van der Waals surface area contributed by atoms with Gasteiger partial charge in [0, 0.05) is 17.8 Å². The topological polar surface area (TPSA) is 46.3 Å². The van der Waals surface area contributed by atoms with Gasteiger partial charge in [-0.15, -0.1) is 0 Å². The van der Waals surface area contributed by atoms with Crippen molar-refractivity contribution in [2.45, 2.75) is 19.4 Å². The molecule has 0 saturated heterocycles. The molecule has 2 heterocycles. The van der Waals surface area contributed by atoms with Crippen LogP contribution in [-0.2, 0) is 6.42 Å². The van der Waals surface area contributed by atoms with Gasteiger partial charge in [-0.2, -0.15) is 0 Å². The number of carbonyl (C=O) groups excluding carboxylic acids is 1. The number of benzene rings is 2. The van der Waals surface area contributed by atoms with Crippen LogP contribution < -0.4 is 4.90 Å². The predicted octanol–water partition coefficient (Wildman–Crippen LogP) is 4.07. The molecular weight excluding hydrogens is 307 g/mol. The third-order valence-corrected chi connectivity index (χ3v) is 4.29. The molecule has 4 rings (SSSR count). The molecule has 1 aromatic heterocycles. The molecule has 24 heavy (non-hydrogen) atoms. The number of para-hydroxylation sites is 1. The van der Waals surface area contributed by atoms with E-state index in [1.165, 1.54) is 12.1 Å². The van der Waals surface area contributed by atoms with Gasteiger partial charge in [-0.25, -0.2) is 4.39 Å². The van der Waals surface area contributed by atoms with Crippen LogP contribution in [0.15, 0.2) is 59.1 Å². The first-order valence-corrected chi connectivity index (χ1v) is 7.78. The molecule has 0 fully saturated rings. The quantitative estimate of drug-likeness (QED) is 0.714. The molecule has 0 saturated carbocycles. The molecule has 2 aromatic carbocycles. The third-order valence-electron chi connectivity index (χ3n) is 4.29. The summed E-state index contributed by atoms with van der Waals surface area (Å²) < 4.78 is 19.1.